The summed E-state index contributed by atoms with van der Waals surface area (Å²) in [6, 6.07) is 15.4. The highest BCUT2D eigenvalue weighted by Crippen LogP contribution is 2.33. The van der Waals surface area contributed by atoms with Crippen LogP contribution in [-0.2, 0) is 27.3 Å². The second kappa shape index (κ2) is 7.98. The highest BCUT2D eigenvalue weighted by atomic mass is 16.6. The van der Waals surface area contributed by atoms with Gasteiger partial charge in [-0.25, -0.2) is 0 Å². The standard InChI is InChI=1S/C24H27N3O4/c1-30-19-8-6-18(7-9-19)26-22(28)21-20(31-21)13-16-4-2-5-17(12-16)14-27-15-24(23(27)29)10-3-11-25-24/h2,4-9,12,20-21,25H,3,10-11,13-15H2,1H3,(H,26,28). The molecule has 7 nitrogen and oxygen atoms in total. The molecule has 1 spiro atoms. The summed E-state index contributed by atoms with van der Waals surface area (Å²) in [6.07, 6.45) is 2.14. The van der Waals surface area contributed by atoms with Crippen molar-refractivity contribution in [3.05, 3.63) is 59.7 Å². The van der Waals surface area contributed by atoms with E-state index >= 15 is 0 Å². The van der Waals surface area contributed by atoms with E-state index in [4.69, 9.17) is 9.47 Å². The van der Waals surface area contributed by atoms with E-state index in [9.17, 15) is 9.59 Å². The molecule has 0 saturated carbocycles. The molecular formula is C24H27N3O4. The van der Waals surface area contributed by atoms with Crippen LogP contribution in [0.3, 0.4) is 0 Å². The first-order valence-corrected chi connectivity index (χ1v) is 10.8. The van der Waals surface area contributed by atoms with E-state index in [0.717, 1.165) is 48.5 Å². The third-order valence-corrected chi connectivity index (χ3v) is 6.40. The number of carbonyl (C=O) groups is 2. The topological polar surface area (TPSA) is 83.2 Å². The Kier molecular flexibility index (Phi) is 5.16. The summed E-state index contributed by atoms with van der Waals surface area (Å²) in [6.45, 7) is 2.35. The van der Waals surface area contributed by atoms with Crippen LogP contribution in [0, 0.1) is 0 Å². The van der Waals surface area contributed by atoms with Crippen molar-refractivity contribution in [1.82, 2.24) is 10.2 Å². The quantitative estimate of drug-likeness (QED) is 0.529. The van der Waals surface area contributed by atoms with E-state index in [2.05, 4.69) is 16.7 Å². The molecular weight excluding hydrogens is 394 g/mol. The number of likely N-dealkylation sites (tertiary alicyclic amines) is 1. The van der Waals surface area contributed by atoms with E-state index in [-0.39, 0.29) is 23.5 Å². The summed E-state index contributed by atoms with van der Waals surface area (Å²) in [5.74, 6) is 0.830. The predicted molar refractivity (Wildman–Crippen MR) is 116 cm³/mol. The van der Waals surface area contributed by atoms with Gasteiger partial charge in [0.25, 0.3) is 5.91 Å². The van der Waals surface area contributed by atoms with Crippen molar-refractivity contribution in [2.24, 2.45) is 0 Å². The average Bonchev–Trinajstić information content (AvgIpc) is 3.37. The van der Waals surface area contributed by atoms with E-state index < -0.39 is 6.10 Å². The fourth-order valence-electron chi connectivity index (χ4n) is 4.65. The van der Waals surface area contributed by atoms with Crippen LogP contribution in [0.5, 0.6) is 5.75 Å². The van der Waals surface area contributed by atoms with Gasteiger partial charge in [0.05, 0.1) is 13.2 Å². The zero-order valence-electron chi connectivity index (χ0n) is 17.6. The molecule has 0 bridgehead atoms. The van der Waals surface area contributed by atoms with Crippen molar-refractivity contribution in [1.29, 1.82) is 0 Å². The summed E-state index contributed by atoms with van der Waals surface area (Å²) in [7, 11) is 1.61. The summed E-state index contributed by atoms with van der Waals surface area (Å²) in [5, 5.41) is 6.25. The molecule has 2 aromatic carbocycles. The van der Waals surface area contributed by atoms with Crippen LogP contribution in [0.2, 0.25) is 0 Å². The van der Waals surface area contributed by atoms with E-state index in [1.807, 2.05) is 23.1 Å². The number of rotatable bonds is 7. The van der Waals surface area contributed by atoms with Gasteiger partial charge in [-0.15, -0.1) is 0 Å². The molecule has 3 unspecified atom stereocenters. The van der Waals surface area contributed by atoms with Crippen LogP contribution in [0.15, 0.2) is 48.5 Å². The maximum atomic E-state index is 12.6. The normalized spacial score (nSPS) is 26.6. The van der Waals surface area contributed by atoms with Gasteiger partial charge in [0.1, 0.15) is 11.3 Å². The van der Waals surface area contributed by atoms with Crippen LogP contribution in [0.1, 0.15) is 24.0 Å². The smallest absolute Gasteiger partial charge is 0.256 e. The molecule has 2 aromatic rings. The molecule has 0 aromatic heterocycles. The average molecular weight is 421 g/mol. The van der Waals surface area contributed by atoms with Gasteiger partial charge >= 0.3 is 0 Å². The molecule has 3 saturated heterocycles. The van der Waals surface area contributed by atoms with E-state index in [0.29, 0.717) is 13.0 Å². The number of nitrogens with zero attached hydrogens (tertiary/aromatic N) is 1. The molecule has 3 aliphatic rings. The zero-order valence-corrected chi connectivity index (χ0v) is 17.6. The lowest BCUT2D eigenvalue weighted by Crippen LogP contribution is -2.70. The number of amides is 2. The van der Waals surface area contributed by atoms with Gasteiger partial charge in [-0.05, 0) is 54.8 Å². The van der Waals surface area contributed by atoms with Crippen molar-refractivity contribution in [3.63, 3.8) is 0 Å². The Balaban J connectivity index is 1.13. The Hall–Kier alpha value is -2.90. The van der Waals surface area contributed by atoms with Crippen molar-refractivity contribution >= 4 is 17.5 Å². The number of nitrogens with one attached hydrogen (secondary N) is 2. The van der Waals surface area contributed by atoms with Gasteiger partial charge in [0.2, 0.25) is 5.91 Å². The van der Waals surface area contributed by atoms with Gasteiger partial charge < -0.3 is 25.0 Å². The third kappa shape index (κ3) is 4.03. The Morgan fingerprint density at radius 1 is 1.26 bits per heavy atom. The first kappa shape index (κ1) is 20.0. The van der Waals surface area contributed by atoms with E-state index in [1.54, 1.807) is 31.4 Å². The summed E-state index contributed by atoms with van der Waals surface area (Å²) in [4.78, 5) is 26.9. The molecule has 7 heteroatoms. The molecule has 2 N–H and O–H groups in total. The van der Waals surface area contributed by atoms with Crippen LogP contribution in [0.25, 0.3) is 0 Å². The lowest BCUT2D eigenvalue weighted by Gasteiger charge is -2.46. The second-order valence-electron chi connectivity index (χ2n) is 8.61. The number of methoxy groups -OCH3 is 1. The zero-order chi connectivity index (χ0) is 21.4. The molecule has 3 aliphatic heterocycles. The minimum atomic E-state index is -0.434. The van der Waals surface area contributed by atoms with Gasteiger partial charge in [0.15, 0.2) is 6.10 Å². The first-order valence-electron chi connectivity index (χ1n) is 10.8. The van der Waals surface area contributed by atoms with Gasteiger partial charge in [-0.3, -0.25) is 9.59 Å². The molecule has 5 rings (SSSR count). The number of hydrogen-bond donors (Lipinski definition) is 2. The number of hydrogen-bond acceptors (Lipinski definition) is 5. The fourth-order valence-corrected chi connectivity index (χ4v) is 4.65. The largest absolute Gasteiger partial charge is 0.497 e. The molecule has 3 fully saturated rings. The number of anilines is 1. The third-order valence-electron chi connectivity index (χ3n) is 6.40. The molecule has 2 amide bonds. The minimum Gasteiger partial charge on any atom is -0.497 e. The Morgan fingerprint density at radius 2 is 2.06 bits per heavy atom. The Labute approximate surface area is 181 Å². The second-order valence-corrected chi connectivity index (χ2v) is 8.61. The van der Waals surface area contributed by atoms with Crippen LogP contribution < -0.4 is 15.4 Å². The molecule has 3 heterocycles. The lowest BCUT2D eigenvalue weighted by atomic mass is 9.86. The number of epoxide rings is 1. The van der Waals surface area contributed by atoms with Crippen molar-refractivity contribution in [3.8, 4) is 5.75 Å². The van der Waals surface area contributed by atoms with Crippen LogP contribution in [-0.4, -0.2) is 54.7 Å². The number of β-lactam (4-membered cyclic amide) rings is 1. The number of ether oxygens (including phenoxy) is 2. The Morgan fingerprint density at radius 3 is 2.77 bits per heavy atom. The summed E-state index contributed by atoms with van der Waals surface area (Å²) < 4.78 is 10.8. The van der Waals surface area contributed by atoms with Gasteiger partial charge in [-0.1, -0.05) is 24.3 Å². The predicted octanol–water partition coefficient (Wildman–Crippen LogP) is 2.11. The summed E-state index contributed by atoms with van der Waals surface area (Å²) >= 11 is 0. The molecule has 0 aliphatic carbocycles. The van der Waals surface area contributed by atoms with Crippen molar-refractivity contribution < 1.29 is 19.1 Å². The lowest BCUT2D eigenvalue weighted by molar-refractivity contribution is -0.153. The number of carbonyl (C=O) groups excluding carboxylic acids is 2. The molecule has 0 radical (unpaired) electrons. The first-order chi connectivity index (χ1) is 15.1. The maximum absolute atomic E-state index is 12.6. The van der Waals surface area contributed by atoms with E-state index in [1.165, 1.54) is 0 Å². The number of benzene rings is 2. The molecule has 31 heavy (non-hydrogen) atoms. The molecule has 3 atom stereocenters. The minimum absolute atomic E-state index is 0.120. The van der Waals surface area contributed by atoms with Crippen LogP contribution in [0.4, 0.5) is 5.69 Å². The SMILES string of the molecule is COc1ccc(NC(=O)C2OC2Cc2cccc(CN3CC4(CCCN4)C3=O)c2)cc1. The van der Waals surface area contributed by atoms with Crippen molar-refractivity contribution in [2.75, 3.05) is 25.5 Å². The monoisotopic (exact) mass is 421 g/mol. The van der Waals surface area contributed by atoms with Crippen LogP contribution >= 0.6 is 0 Å². The Bertz CT molecular complexity index is 985. The maximum Gasteiger partial charge on any atom is 0.256 e. The fraction of sp³-hybridized carbons (Fsp3) is 0.417. The highest BCUT2D eigenvalue weighted by molar-refractivity contribution is 5.96. The molecule has 162 valence electrons. The highest BCUT2D eigenvalue weighted by Gasteiger charge is 2.53. The van der Waals surface area contributed by atoms with Crippen molar-refractivity contribution in [2.45, 2.75) is 43.6 Å². The summed E-state index contributed by atoms with van der Waals surface area (Å²) in [5.41, 5.74) is 2.66. The van der Waals surface area contributed by atoms with Gasteiger partial charge in [-0.2, -0.15) is 0 Å². The van der Waals surface area contributed by atoms with Gasteiger partial charge in [0, 0.05) is 25.2 Å².